The molecule has 18 heavy (non-hydrogen) atoms. The molecular weight excluding hydrogens is 222 g/mol. The second kappa shape index (κ2) is 5.75. The molecule has 1 aliphatic carbocycles. The molecule has 0 aromatic heterocycles. The summed E-state index contributed by atoms with van der Waals surface area (Å²) >= 11 is 0. The highest BCUT2D eigenvalue weighted by Gasteiger charge is 2.29. The molecule has 2 heteroatoms. The molecule has 1 aromatic carbocycles. The SMILES string of the molecule is Cc1cc(N(CCC(C)C)C2CC2)ccc1CO. The maximum atomic E-state index is 9.23. The first-order valence-electron chi connectivity index (χ1n) is 7.09. The van der Waals surface area contributed by atoms with Crippen LogP contribution in [-0.4, -0.2) is 17.7 Å². The summed E-state index contributed by atoms with van der Waals surface area (Å²) in [5.74, 6) is 0.754. The van der Waals surface area contributed by atoms with Gasteiger partial charge in [0.05, 0.1) is 6.61 Å². The lowest BCUT2D eigenvalue weighted by atomic mass is 10.1. The molecule has 0 aliphatic heterocycles. The second-order valence-electron chi connectivity index (χ2n) is 5.88. The van der Waals surface area contributed by atoms with Crippen molar-refractivity contribution in [1.82, 2.24) is 0 Å². The Balaban J connectivity index is 2.12. The fraction of sp³-hybridized carbons (Fsp3) is 0.625. The lowest BCUT2D eigenvalue weighted by Crippen LogP contribution is -2.27. The molecule has 0 bridgehead atoms. The molecule has 1 aromatic rings. The molecule has 0 heterocycles. The van der Waals surface area contributed by atoms with Gasteiger partial charge in [-0.2, -0.15) is 0 Å². The number of anilines is 1. The molecule has 1 aliphatic rings. The van der Waals surface area contributed by atoms with Crippen LogP contribution in [0.3, 0.4) is 0 Å². The monoisotopic (exact) mass is 247 g/mol. The number of aliphatic hydroxyl groups excluding tert-OH is 1. The standard InChI is InChI=1S/C16H25NO/c1-12(2)8-9-17(15-6-7-15)16-5-4-14(11-18)13(3)10-16/h4-5,10,12,15,18H,6-9,11H2,1-3H3. The lowest BCUT2D eigenvalue weighted by Gasteiger charge is -2.26. The average Bonchev–Trinajstić information content (AvgIpc) is 3.13. The molecule has 0 radical (unpaired) electrons. The van der Waals surface area contributed by atoms with Gasteiger partial charge in [0.1, 0.15) is 0 Å². The highest BCUT2D eigenvalue weighted by Crippen LogP contribution is 2.33. The third-order valence-corrected chi connectivity index (χ3v) is 3.76. The minimum Gasteiger partial charge on any atom is -0.392 e. The van der Waals surface area contributed by atoms with Gasteiger partial charge < -0.3 is 10.0 Å². The number of benzene rings is 1. The van der Waals surface area contributed by atoms with Gasteiger partial charge in [-0.05, 0) is 55.4 Å². The maximum absolute atomic E-state index is 9.23. The predicted octanol–water partition coefficient (Wildman–Crippen LogP) is 3.50. The Labute approximate surface area is 111 Å². The second-order valence-corrected chi connectivity index (χ2v) is 5.88. The van der Waals surface area contributed by atoms with Crippen molar-refractivity contribution in [3.05, 3.63) is 29.3 Å². The molecule has 0 spiro atoms. The van der Waals surface area contributed by atoms with E-state index in [0.29, 0.717) is 0 Å². The zero-order valence-electron chi connectivity index (χ0n) is 11.8. The largest absolute Gasteiger partial charge is 0.392 e. The van der Waals surface area contributed by atoms with Crippen molar-refractivity contribution in [2.45, 2.75) is 52.7 Å². The van der Waals surface area contributed by atoms with E-state index in [1.54, 1.807) is 0 Å². The van der Waals surface area contributed by atoms with E-state index in [0.717, 1.165) is 24.1 Å². The van der Waals surface area contributed by atoms with Crippen LogP contribution in [0.1, 0.15) is 44.2 Å². The Kier molecular flexibility index (Phi) is 4.28. The Bertz CT molecular complexity index is 396. The molecule has 1 N–H and O–H groups in total. The van der Waals surface area contributed by atoms with Crippen molar-refractivity contribution in [3.8, 4) is 0 Å². The van der Waals surface area contributed by atoms with Crippen LogP contribution < -0.4 is 4.90 Å². The first-order chi connectivity index (χ1) is 8.61. The summed E-state index contributed by atoms with van der Waals surface area (Å²) in [5, 5.41) is 9.23. The number of hydrogen-bond acceptors (Lipinski definition) is 2. The van der Waals surface area contributed by atoms with Crippen molar-refractivity contribution in [2.75, 3.05) is 11.4 Å². The lowest BCUT2D eigenvalue weighted by molar-refractivity contribution is 0.281. The normalized spacial score (nSPS) is 15.2. The van der Waals surface area contributed by atoms with Gasteiger partial charge >= 0.3 is 0 Å². The molecule has 0 unspecified atom stereocenters. The zero-order chi connectivity index (χ0) is 13.1. The van der Waals surface area contributed by atoms with E-state index in [4.69, 9.17) is 0 Å². The molecule has 2 rings (SSSR count). The summed E-state index contributed by atoms with van der Waals surface area (Å²) in [7, 11) is 0. The summed E-state index contributed by atoms with van der Waals surface area (Å²) in [6, 6.07) is 7.21. The molecule has 0 atom stereocenters. The minimum absolute atomic E-state index is 0.140. The Morgan fingerprint density at radius 1 is 1.33 bits per heavy atom. The molecular formula is C16H25NO. The van der Waals surface area contributed by atoms with Crippen LogP contribution in [0.2, 0.25) is 0 Å². The van der Waals surface area contributed by atoms with E-state index in [2.05, 4.69) is 43.9 Å². The van der Waals surface area contributed by atoms with Crippen LogP contribution in [0.5, 0.6) is 0 Å². The highest BCUT2D eigenvalue weighted by molar-refractivity contribution is 5.52. The Morgan fingerprint density at radius 2 is 2.06 bits per heavy atom. The van der Waals surface area contributed by atoms with E-state index in [-0.39, 0.29) is 6.61 Å². The van der Waals surface area contributed by atoms with Gasteiger partial charge in [-0.1, -0.05) is 19.9 Å². The summed E-state index contributed by atoms with van der Waals surface area (Å²) in [5.41, 5.74) is 3.57. The summed E-state index contributed by atoms with van der Waals surface area (Å²) in [4.78, 5) is 2.55. The summed E-state index contributed by atoms with van der Waals surface area (Å²) in [6.07, 6.45) is 3.91. The molecule has 0 saturated heterocycles. The first kappa shape index (κ1) is 13.4. The summed E-state index contributed by atoms with van der Waals surface area (Å²) in [6.45, 7) is 7.95. The number of nitrogens with zero attached hydrogens (tertiary/aromatic N) is 1. The number of aryl methyl sites for hydroxylation is 1. The molecule has 2 nitrogen and oxygen atoms in total. The van der Waals surface area contributed by atoms with Gasteiger partial charge in [0, 0.05) is 18.3 Å². The van der Waals surface area contributed by atoms with Crippen LogP contribution >= 0.6 is 0 Å². The van der Waals surface area contributed by atoms with Gasteiger partial charge in [0.15, 0.2) is 0 Å². The van der Waals surface area contributed by atoms with E-state index in [9.17, 15) is 5.11 Å². The Morgan fingerprint density at radius 3 is 2.56 bits per heavy atom. The molecule has 100 valence electrons. The van der Waals surface area contributed by atoms with Gasteiger partial charge in [0.25, 0.3) is 0 Å². The van der Waals surface area contributed by atoms with Crippen LogP contribution in [0.4, 0.5) is 5.69 Å². The van der Waals surface area contributed by atoms with Crippen LogP contribution in [0.25, 0.3) is 0 Å². The molecule has 1 fully saturated rings. The van der Waals surface area contributed by atoms with Gasteiger partial charge in [-0.25, -0.2) is 0 Å². The zero-order valence-corrected chi connectivity index (χ0v) is 11.8. The fourth-order valence-electron chi connectivity index (χ4n) is 2.34. The molecule has 0 amide bonds. The van der Waals surface area contributed by atoms with Crippen LogP contribution in [0.15, 0.2) is 18.2 Å². The van der Waals surface area contributed by atoms with Crippen molar-refractivity contribution in [3.63, 3.8) is 0 Å². The Hall–Kier alpha value is -1.02. The van der Waals surface area contributed by atoms with E-state index >= 15 is 0 Å². The smallest absolute Gasteiger partial charge is 0.0684 e. The van der Waals surface area contributed by atoms with Crippen LogP contribution in [-0.2, 0) is 6.61 Å². The van der Waals surface area contributed by atoms with Crippen molar-refractivity contribution in [2.24, 2.45) is 5.92 Å². The van der Waals surface area contributed by atoms with E-state index in [1.807, 2.05) is 0 Å². The highest BCUT2D eigenvalue weighted by atomic mass is 16.3. The molecule has 1 saturated carbocycles. The fourth-order valence-corrected chi connectivity index (χ4v) is 2.34. The van der Waals surface area contributed by atoms with Crippen molar-refractivity contribution in [1.29, 1.82) is 0 Å². The predicted molar refractivity (Wildman–Crippen MR) is 76.9 cm³/mol. The van der Waals surface area contributed by atoms with E-state index in [1.165, 1.54) is 30.5 Å². The average molecular weight is 247 g/mol. The van der Waals surface area contributed by atoms with E-state index < -0.39 is 0 Å². The maximum Gasteiger partial charge on any atom is 0.0684 e. The topological polar surface area (TPSA) is 23.5 Å². The first-order valence-corrected chi connectivity index (χ1v) is 7.09. The number of hydrogen-bond donors (Lipinski definition) is 1. The van der Waals surface area contributed by atoms with Gasteiger partial charge in [-0.3, -0.25) is 0 Å². The van der Waals surface area contributed by atoms with Gasteiger partial charge in [0.2, 0.25) is 0 Å². The van der Waals surface area contributed by atoms with Crippen molar-refractivity contribution >= 4 is 5.69 Å². The van der Waals surface area contributed by atoms with Crippen molar-refractivity contribution < 1.29 is 5.11 Å². The summed E-state index contributed by atoms with van der Waals surface area (Å²) < 4.78 is 0. The quantitative estimate of drug-likeness (QED) is 0.831. The van der Waals surface area contributed by atoms with Crippen LogP contribution in [0, 0.1) is 12.8 Å². The minimum atomic E-state index is 0.140. The number of rotatable bonds is 6. The third-order valence-electron chi connectivity index (χ3n) is 3.76. The van der Waals surface area contributed by atoms with Gasteiger partial charge in [-0.15, -0.1) is 0 Å². The number of aliphatic hydroxyl groups is 1. The third kappa shape index (κ3) is 3.26.